The molecule has 1 aromatic heterocycles. The monoisotopic (exact) mass is 332 g/mol. The molecule has 1 heterocycles. The molecule has 0 radical (unpaired) electrons. The van der Waals surface area contributed by atoms with Crippen LogP contribution in [0.2, 0.25) is 0 Å². The molecule has 2 aromatic rings. The molecule has 0 saturated heterocycles. The van der Waals surface area contributed by atoms with E-state index in [2.05, 4.69) is 21.0 Å². The van der Waals surface area contributed by atoms with Crippen LogP contribution in [0.5, 0.6) is 0 Å². The molecule has 2 rings (SSSR count). The number of amidine groups is 1. The third-order valence-electron chi connectivity index (χ3n) is 3.10. The second-order valence-electron chi connectivity index (χ2n) is 5.00. The van der Waals surface area contributed by atoms with Crippen molar-refractivity contribution in [1.29, 1.82) is 5.41 Å². The van der Waals surface area contributed by atoms with Gasteiger partial charge in [0.25, 0.3) is 0 Å². The first-order valence-electron chi connectivity index (χ1n) is 7.15. The molecule has 0 aliphatic heterocycles. The van der Waals surface area contributed by atoms with Crippen LogP contribution < -0.4 is 21.9 Å². The molecule has 0 unspecified atom stereocenters. The van der Waals surface area contributed by atoms with E-state index in [1.807, 2.05) is 29.6 Å². The maximum atomic E-state index is 11.0. The van der Waals surface area contributed by atoms with Crippen molar-refractivity contribution in [1.82, 2.24) is 10.4 Å². The molecule has 1 amide bonds. The second-order valence-corrected chi connectivity index (χ2v) is 5.86. The molecule has 0 spiro atoms. The van der Waals surface area contributed by atoms with E-state index < -0.39 is 0 Å². The number of amides is 1. The van der Waals surface area contributed by atoms with Crippen molar-refractivity contribution in [3.8, 4) is 0 Å². The van der Waals surface area contributed by atoms with E-state index in [0.717, 1.165) is 24.2 Å². The Morgan fingerprint density at radius 2 is 2.04 bits per heavy atom. The molecule has 0 aliphatic carbocycles. The fraction of sp³-hybridized carbons (Fsp3) is 0.267. The zero-order valence-corrected chi connectivity index (χ0v) is 13.7. The highest BCUT2D eigenvalue weighted by Gasteiger charge is 2.04. The number of anilines is 2. The second kappa shape index (κ2) is 8.25. The molecule has 122 valence electrons. The molecule has 8 heteroatoms. The summed E-state index contributed by atoms with van der Waals surface area (Å²) in [5, 5.41) is 15.8. The van der Waals surface area contributed by atoms with Crippen molar-refractivity contribution in [3.05, 3.63) is 40.9 Å². The summed E-state index contributed by atoms with van der Waals surface area (Å²) in [5.74, 6) is 5.27. The number of thiazole rings is 1. The Labute approximate surface area is 138 Å². The van der Waals surface area contributed by atoms with Crippen molar-refractivity contribution >= 4 is 33.9 Å². The predicted molar refractivity (Wildman–Crippen MR) is 93.8 cm³/mol. The molecule has 0 atom stereocenters. The summed E-state index contributed by atoms with van der Waals surface area (Å²) in [7, 11) is 0. The minimum absolute atomic E-state index is 0.105. The lowest BCUT2D eigenvalue weighted by molar-refractivity contribution is -0.114. The first-order valence-corrected chi connectivity index (χ1v) is 8.03. The summed E-state index contributed by atoms with van der Waals surface area (Å²) in [4.78, 5) is 15.3. The first kappa shape index (κ1) is 16.9. The van der Waals surface area contributed by atoms with Crippen LogP contribution in [0.15, 0.2) is 29.6 Å². The maximum absolute atomic E-state index is 11.0. The summed E-state index contributed by atoms with van der Waals surface area (Å²) in [6.07, 6.45) is 1.70. The zero-order valence-electron chi connectivity index (χ0n) is 12.8. The Hall–Kier alpha value is -2.45. The lowest BCUT2D eigenvalue weighted by Gasteiger charge is -2.08. The normalized spacial score (nSPS) is 10.2. The number of carbonyl (C=O) groups excluding carboxylic acids is 1. The average molecular weight is 332 g/mol. The van der Waals surface area contributed by atoms with E-state index in [9.17, 15) is 4.79 Å². The number of nitrogens with two attached hydrogens (primary N) is 1. The molecular formula is C15H20N6OS. The standard InChI is InChI=1S/C15H20N6OS/c1-10(22)19-15-20-13(9-23-15)7-4-11-2-5-12(6-3-11)18-8-14(16)21-17/h2-3,5-6,9,18H,4,7-8,17H2,1H3,(H2,16,21)(H,19,20,22). The summed E-state index contributed by atoms with van der Waals surface area (Å²) >= 11 is 1.44. The molecular weight excluding hydrogens is 312 g/mol. The zero-order chi connectivity index (χ0) is 16.7. The summed E-state index contributed by atoms with van der Waals surface area (Å²) in [6, 6.07) is 8.04. The lowest BCUT2D eigenvalue weighted by atomic mass is 10.1. The number of benzene rings is 1. The van der Waals surface area contributed by atoms with Gasteiger partial charge in [-0.05, 0) is 30.5 Å². The SMILES string of the molecule is CC(=O)Nc1nc(CCc2ccc(NCC(=N)NN)cc2)cs1. The molecule has 0 saturated carbocycles. The Morgan fingerprint density at radius 3 is 2.70 bits per heavy atom. The van der Waals surface area contributed by atoms with E-state index in [0.29, 0.717) is 11.7 Å². The van der Waals surface area contributed by atoms with Gasteiger partial charge in [-0.15, -0.1) is 11.3 Å². The number of rotatable bonds is 7. The Bertz CT molecular complexity index is 667. The third-order valence-corrected chi connectivity index (χ3v) is 3.91. The van der Waals surface area contributed by atoms with Crippen molar-refractivity contribution in [3.63, 3.8) is 0 Å². The smallest absolute Gasteiger partial charge is 0.223 e. The van der Waals surface area contributed by atoms with E-state index in [1.54, 1.807) is 0 Å². The number of aryl methyl sites for hydroxylation is 2. The topological polar surface area (TPSA) is 116 Å². The van der Waals surface area contributed by atoms with Gasteiger partial charge in [0.05, 0.1) is 12.2 Å². The van der Waals surface area contributed by atoms with Gasteiger partial charge in [-0.3, -0.25) is 10.2 Å². The van der Waals surface area contributed by atoms with E-state index in [1.165, 1.54) is 23.8 Å². The highest BCUT2D eigenvalue weighted by atomic mass is 32.1. The van der Waals surface area contributed by atoms with Crippen LogP contribution in [0.1, 0.15) is 18.2 Å². The number of hydrazine groups is 1. The van der Waals surface area contributed by atoms with Crippen LogP contribution in [-0.2, 0) is 17.6 Å². The fourth-order valence-corrected chi connectivity index (χ4v) is 2.72. The Kier molecular flexibility index (Phi) is 6.07. The molecule has 0 bridgehead atoms. The van der Waals surface area contributed by atoms with Gasteiger partial charge in [-0.2, -0.15) is 0 Å². The Morgan fingerprint density at radius 1 is 1.30 bits per heavy atom. The summed E-state index contributed by atoms with van der Waals surface area (Å²) < 4.78 is 0. The minimum atomic E-state index is -0.105. The van der Waals surface area contributed by atoms with Gasteiger partial charge in [-0.25, -0.2) is 10.8 Å². The number of hydrogen-bond donors (Lipinski definition) is 5. The fourth-order valence-electron chi connectivity index (χ4n) is 1.93. The molecule has 7 nitrogen and oxygen atoms in total. The van der Waals surface area contributed by atoms with E-state index in [4.69, 9.17) is 11.3 Å². The van der Waals surface area contributed by atoms with Gasteiger partial charge in [0.1, 0.15) is 5.84 Å². The number of nitrogens with zero attached hydrogens (tertiary/aromatic N) is 1. The highest BCUT2D eigenvalue weighted by molar-refractivity contribution is 7.13. The van der Waals surface area contributed by atoms with Gasteiger partial charge in [0, 0.05) is 18.0 Å². The van der Waals surface area contributed by atoms with Gasteiger partial charge in [0.15, 0.2) is 5.13 Å². The minimum Gasteiger partial charge on any atom is -0.378 e. The maximum Gasteiger partial charge on any atom is 0.223 e. The molecule has 0 fully saturated rings. The van der Waals surface area contributed by atoms with Gasteiger partial charge >= 0.3 is 0 Å². The van der Waals surface area contributed by atoms with Crippen LogP contribution >= 0.6 is 11.3 Å². The molecule has 6 N–H and O–H groups in total. The van der Waals surface area contributed by atoms with Crippen LogP contribution in [0.25, 0.3) is 0 Å². The van der Waals surface area contributed by atoms with Crippen LogP contribution in [0, 0.1) is 5.41 Å². The van der Waals surface area contributed by atoms with Crippen molar-refractivity contribution in [2.24, 2.45) is 5.84 Å². The van der Waals surface area contributed by atoms with Crippen molar-refractivity contribution in [2.45, 2.75) is 19.8 Å². The van der Waals surface area contributed by atoms with Gasteiger partial charge in [0.2, 0.25) is 5.91 Å². The molecule has 1 aromatic carbocycles. The summed E-state index contributed by atoms with van der Waals surface area (Å²) in [6.45, 7) is 1.84. The first-order chi connectivity index (χ1) is 11.1. The number of nitrogens with one attached hydrogen (secondary N) is 4. The van der Waals surface area contributed by atoms with Gasteiger partial charge < -0.3 is 16.1 Å². The van der Waals surface area contributed by atoms with Crippen LogP contribution in [-0.4, -0.2) is 23.3 Å². The van der Waals surface area contributed by atoms with Crippen molar-refractivity contribution < 1.29 is 4.79 Å². The average Bonchev–Trinajstić information content (AvgIpc) is 2.98. The predicted octanol–water partition coefficient (Wildman–Crippen LogP) is 1.74. The van der Waals surface area contributed by atoms with Crippen molar-refractivity contribution in [2.75, 3.05) is 17.2 Å². The number of aromatic nitrogens is 1. The lowest BCUT2D eigenvalue weighted by Crippen LogP contribution is -2.34. The molecule has 0 aliphatic rings. The van der Waals surface area contributed by atoms with Crippen LogP contribution in [0.3, 0.4) is 0 Å². The quantitative estimate of drug-likeness (QED) is 0.229. The third kappa shape index (κ3) is 5.68. The van der Waals surface area contributed by atoms with E-state index in [-0.39, 0.29) is 11.7 Å². The van der Waals surface area contributed by atoms with E-state index >= 15 is 0 Å². The molecule has 23 heavy (non-hydrogen) atoms. The summed E-state index contributed by atoms with van der Waals surface area (Å²) in [5.41, 5.74) is 5.41. The Balaban J connectivity index is 1.82. The highest BCUT2D eigenvalue weighted by Crippen LogP contribution is 2.17. The largest absolute Gasteiger partial charge is 0.378 e. The van der Waals surface area contributed by atoms with Crippen LogP contribution in [0.4, 0.5) is 10.8 Å². The number of carbonyl (C=O) groups is 1. The number of hydrogen-bond acceptors (Lipinski definition) is 6. The van der Waals surface area contributed by atoms with Gasteiger partial charge in [-0.1, -0.05) is 12.1 Å².